The predicted molar refractivity (Wildman–Crippen MR) is 111 cm³/mol. The number of hydrogen-bond acceptors (Lipinski definition) is 5. The summed E-state index contributed by atoms with van der Waals surface area (Å²) >= 11 is 0. The van der Waals surface area contributed by atoms with Crippen molar-refractivity contribution in [2.24, 2.45) is 0 Å². The van der Waals surface area contributed by atoms with Crippen LogP contribution in [0, 0.1) is 0 Å². The summed E-state index contributed by atoms with van der Waals surface area (Å²) in [5.41, 5.74) is 3.69. The van der Waals surface area contributed by atoms with Crippen LogP contribution in [0.4, 0.5) is 4.79 Å². The molecular weight excluding hydrogens is 370 g/mol. The van der Waals surface area contributed by atoms with Gasteiger partial charge in [0.1, 0.15) is 0 Å². The minimum Gasteiger partial charge on any atom is -0.463 e. The number of H-pyrrole nitrogens is 1. The number of fused-ring (bicyclic) bond motifs is 1. The van der Waals surface area contributed by atoms with Gasteiger partial charge in [-0.25, -0.2) is 9.59 Å². The maximum absolute atomic E-state index is 11.8. The summed E-state index contributed by atoms with van der Waals surface area (Å²) in [4.78, 5) is 26.4. The first-order chi connectivity index (χ1) is 14.1. The molecule has 6 heteroatoms. The minimum absolute atomic E-state index is 0.245. The zero-order valence-electron chi connectivity index (χ0n) is 16.4. The quantitative estimate of drug-likeness (QED) is 0.458. The average Bonchev–Trinajstić information content (AvgIpc) is 3.05. The molecule has 2 aromatic carbocycles. The summed E-state index contributed by atoms with van der Waals surface area (Å²) in [6.45, 7) is 4.09. The molecule has 0 aliphatic carbocycles. The highest BCUT2D eigenvalue weighted by molar-refractivity contribution is 5.88. The fourth-order valence-corrected chi connectivity index (χ4v) is 2.97. The molecule has 0 spiro atoms. The second-order valence-electron chi connectivity index (χ2n) is 6.27. The SMILES string of the molecule is CCOC(=O)C=Cc1ccc(Cc2c(OC(=O)OCC)[nH]c3ccccc23)cc1. The van der Waals surface area contributed by atoms with Crippen LogP contribution >= 0.6 is 0 Å². The van der Waals surface area contributed by atoms with Crippen molar-refractivity contribution in [2.75, 3.05) is 13.2 Å². The lowest BCUT2D eigenvalue weighted by atomic mass is 10.0. The van der Waals surface area contributed by atoms with E-state index in [-0.39, 0.29) is 12.6 Å². The van der Waals surface area contributed by atoms with Crippen molar-refractivity contribution in [1.29, 1.82) is 0 Å². The Bertz CT molecular complexity index is 1020. The van der Waals surface area contributed by atoms with Gasteiger partial charge in [0.15, 0.2) is 0 Å². The molecule has 0 aliphatic rings. The molecular formula is C23H23NO5. The highest BCUT2D eigenvalue weighted by Crippen LogP contribution is 2.30. The fraction of sp³-hybridized carbons (Fsp3) is 0.217. The topological polar surface area (TPSA) is 77.6 Å². The van der Waals surface area contributed by atoms with Gasteiger partial charge in [0, 0.05) is 29.0 Å². The Hall–Kier alpha value is -3.54. The van der Waals surface area contributed by atoms with Gasteiger partial charge in [-0.3, -0.25) is 0 Å². The molecule has 1 heterocycles. The molecule has 0 bridgehead atoms. The molecule has 6 nitrogen and oxygen atoms in total. The molecule has 3 aromatic rings. The molecule has 0 aliphatic heterocycles. The zero-order chi connectivity index (χ0) is 20.6. The lowest BCUT2D eigenvalue weighted by molar-refractivity contribution is -0.137. The lowest BCUT2D eigenvalue weighted by Crippen LogP contribution is -2.11. The van der Waals surface area contributed by atoms with E-state index >= 15 is 0 Å². The van der Waals surface area contributed by atoms with Crippen LogP contribution in [0.3, 0.4) is 0 Å². The van der Waals surface area contributed by atoms with Gasteiger partial charge in [-0.2, -0.15) is 0 Å². The fourth-order valence-electron chi connectivity index (χ4n) is 2.97. The van der Waals surface area contributed by atoms with Gasteiger partial charge in [0.05, 0.1) is 13.2 Å². The maximum Gasteiger partial charge on any atom is 0.515 e. The van der Waals surface area contributed by atoms with Gasteiger partial charge in [0.25, 0.3) is 0 Å². The standard InChI is InChI=1S/C23H23NO5/c1-3-27-21(25)14-13-16-9-11-17(12-10-16)15-19-18-7-5-6-8-20(18)24-22(19)29-23(26)28-4-2/h5-14,24H,3-4,15H2,1-2H3. The van der Waals surface area contributed by atoms with E-state index in [1.165, 1.54) is 6.08 Å². The Kier molecular flexibility index (Phi) is 6.68. The van der Waals surface area contributed by atoms with Crippen molar-refractivity contribution < 1.29 is 23.8 Å². The van der Waals surface area contributed by atoms with Crippen molar-refractivity contribution in [3.05, 3.63) is 71.3 Å². The van der Waals surface area contributed by atoms with Crippen molar-refractivity contribution >= 4 is 29.1 Å². The third-order valence-corrected chi connectivity index (χ3v) is 4.28. The van der Waals surface area contributed by atoms with Crippen molar-refractivity contribution in [3.8, 4) is 5.88 Å². The van der Waals surface area contributed by atoms with Gasteiger partial charge in [0.2, 0.25) is 5.88 Å². The van der Waals surface area contributed by atoms with Crippen LogP contribution in [0.15, 0.2) is 54.6 Å². The number of carbonyl (C=O) groups is 2. The molecule has 150 valence electrons. The first-order valence-corrected chi connectivity index (χ1v) is 9.48. The van der Waals surface area contributed by atoms with Crippen LogP contribution in [-0.2, 0) is 20.7 Å². The Labute approximate surface area is 169 Å². The Morgan fingerprint density at radius 2 is 1.69 bits per heavy atom. The number of ether oxygens (including phenoxy) is 3. The lowest BCUT2D eigenvalue weighted by Gasteiger charge is -2.07. The first kappa shape index (κ1) is 20.2. The minimum atomic E-state index is -0.736. The third kappa shape index (κ3) is 5.25. The van der Waals surface area contributed by atoms with E-state index in [0.717, 1.165) is 27.6 Å². The number of para-hydroxylation sites is 1. The van der Waals surface area contributed by atoms with Gasteiger partial charge in [-0.1, -0.05) is 42.5 Å². The molecule has 0 radical (unpaired) electrons. The molecule has 0 amide bonds. The van der Waals surface area contributed by atoms with Crippen LogP contribution in [0.25, 0.3) is 17.0 Å². The van der Waals surface area contributed by atoms with E-state index in [1.807, 2.05) is 48.5 Å². The van der Waals surface area contributed by atoms with E-state index in [1.54, 1.807) is 19.9 Å². The largest absolute Gasteiger partial charge is 0.515 e. The molecule has 0 saturated carbocycles. The number of aromatic amines is 1. The number of aromatic nitrogens is 1. The zero-order valence-corrected chi connectivity index (χ0v) is 16.4. The number of rotatable bonds is 7. The highest BCUT2D eigenvalue weighted by Gasteiger charge is 2.16. The predicted octanol–water partition coefficient (Wildman–Crippen LogP) is 4.87. The monoisotopic (exact) mass is 393 g/mol. The number of benzene rings is 2. The highest BCUT2D eigenvalue weighted by atomic mass is 16.7. The summed E-state index contributed by atoms with van der Waals surface area (Å²) in [6.07, 6.45) is 2.95. The number of carbonyl (C=O) groups excluding carboxylic acids is 2. The third-order valence-electron chi connectivity index (χ3n) is 4.28. The summed E-state index contributed by atoms with van der Waals surface area (Å²) < 4.78 is 15.2. The van der Waals surface area contributed by atoms with E-state index in [0.29, 0.717) is 18.9 Å². The van der Waals surface area contributed by atoms with Crippen LogP contribution in [-0.4, -0.2) is 30.3 Å². The number of esters is 1. The Balaban J connectivity index is 1.82. The van der Waals surface area contributed by atoms with Crippen molar-refractivity contribution in [1.82, 2.24) is 4.98 Å². The van der Waals surface area contributed by atoms with Gasteiger partial charge >= 0.3 is 12.1 Å². The van der Waals surface area contributed by atoms with Crippen LogP contribution in [0.5, 0.6) is 5.88 Å². The van der Waals surface area contributed by atoms with E-state index < -0.39 is 6.16 Å². The van der Waals surface area contributed by atoms with E-state index in [4.69, 9.17) is 14.2 Å². The van der Waals surface area contributed by atoms with Crippen LogP contribution in [0.1, 0.15) is 30.5 Å². The molecule has 0 fully saturated rings. The summed E-state index contributed by atoms with van der Waals surface area (Å²) in [5.74, 6) is 0.0204. The van der Waals surface area contributed by atoms with Crippen molar-refractivity contribution in [3.63, 3.8) is 0 Å². The number of nitrogens with one attached hydrogen (secondary N) is 1. The number of hydrogen-bond donors (Lipinski definition) is 1. The van der Waals surface area contributed by atoms with Crippen LogP contribution in [0.2, 0.25) is 0 Å². The van der Waals surface area contributed by atoms with Crippen molar-refractivity contribution in [2.45, 2.75) is 20.3 Å². The smallest absolute Gasteiger partial charge is 0.463 e. The molecule has 0 unspecified atom stereocenters. The first-order valence-electron chi connectivity index (χ1n) is 9.48. The Morgan fingerprint density at radius 3 is 2.41 bits per heavy atom. The molecule has 29 heavy (non-hydrogen) atoms. The molecule has 1 N–H and O–H groups in total. The van der Waals surface area contributed by atoms with Crippen LogP contribution < -0.4 is 4.74 Å². The van der Waals surface area contributed by atoms with Gasteiger partial charge in [-0.15, -0.1) is 0 Å². The van der Waals surface area contributed by atoms with Gasteiger partial charge < -0.3 is 19.2 Å². The van der Waals surface area contributed by atoms with E-state index in [2.05, 4.69) is 4.98 Å². The maximum atomic E-state index is 11.8. The second-order valence-corrected chi connectivity index (χ2v) is 6.27. The van der Waals surface area contributed by atoms with Gasteiger partial charge in [-0.05, 0) is 37.1 Å². The summed E-state index contributed by atoms with van der Waals surface area (Å²) in [5, 5.41) is 0.984. The van der Waals surface area contributed by atoms with E-state index in [9.17, 15) is 9.59 Å². The average molecular weight is 393 g/mol. The molecule has 0 saturated heterocycles. The summed E-state index contributed by atoms with van der Waals surface area (Å²) in [6, 6.07) is 15.6. The molecule has 3 rings (SSSR count). The normalized spacial score (nSPS) is 11.0. The molecule has 0 atom stereocenters. The Morgan fingerprint density at radius 1 is 0.966 bits per heavy atom. The second kappa shape index (κ2) is 9.59. The molecule has 1 aromatic heterocycles. The summed E-state index contributed by atoms with van der Waals surface area (Å²) in [7, 11) is 0.